The number of nitrogens with one attached hydrogen (secondary N) is 1. The van der Waals surface area contributed by atoms with Crippen molar-refractivity contribution in [3.05, 3.63) is 27.2 Å². The van der Waals surface area contributed by atoms with Crippen molar-refractivity contribution in [1.82, 2.24) is 5.32 Å². The van der Waals surface area contributed by atoms with Crippen molar-refractivity contribution in [2.24, 2.45) is 0 Å². The Morgan fingerprint density at radius 1 is 1.35 bits per heavy atom. The van der Waals surface area contributed by atoms with Crippen molar-refractivity contribution >= 4 is 29.2 Å². The van der Waals surface area contributed by atoms with Crippen LogP contribution in [-0.4, -0.2) is 31.8 Å². The molecule has 2 rings (SSSR count). The minimum absolute atomic E-state index is 0.114. The molecule has 1 saturated heterocycles. The molecular weight excluding hydrogens is 301 g/mol. The fourth-order valence-electron chi connectivity index (χ4n) is 2.28. The largest absolute Gasteiger partial charge is 0.487 e. The molecule has 0 aliphatic carbocycles. The van der Waals surface area contributed by atoms with E-state index in [0.29, 0.717) is 28.8 Å². The van der Waals surface area contributed by atoms with E-state index in [4.69, 9.17) is 32.7 Å². The summed E-state index contributed by atoms with van der Waals surface area (Å²) in [5.41, 5.74) is 1.72. The smallest absolute Gasteiger partial charge is 0.323 e. The third kappa shape index (κ3) is 3.03. The Labute approximate surface area is 128 Å². The van der Waals surface area contributed by atoms with Gasteiger partial charge >= 0.3 is 5.97 Å². The Bertz CT molecular complexity index is 534. The summed E-state index contributed by atoms with van der Waals surface area (Å²) in [6, 6.07) is 1.50. The molecule has 1 aromatic rings. The van der Waals surface area contributed by atoms with Gasteiger partial charge in [0.05, 0.1) is 12.1 Å². The van der Waals surface area contributed by atoms with E-state index in [9.17, 15) is 4.79 Å². The molecule has 0 aromatic heterocycles. The van der Waals surface area contributed by atoms with Crippen LogP contribution >= 0.6 is 23.2 Å². The quantitative estimate of drug-likeness (QED) is 0.871. The zero-order chi connectivity index (χ0) is 14.9. The lowest BCUT2D eigenvalue weighted by molar-refractivity contribution is -0.142. The van der Waals surface area contributed by atoms with Gasteiger partial charge in [0.2, 0.25) is 0 Å². The summed E-state index contributed by atoms with van der Waals surface area (Å²) in [7, 11) is 1.38. The van der Waals surface area contributed by atoms with Gasteiger partial charge in [0.1, 0.15) is 17.9 Å². The minimum Gasteiger partial charge on any atom is -0.487 e. The molecule has 6 heteroatoms. The molecule has 1 N–H and O–H groups in total. The van der Waals surface area contributed by atoms with E-state index < -0.39 is 0 Å². The topological polar surface area (TPSA) is 47.6 Å². The molecule has 0 saturated carbocycles. The van der Waals surface area contributed by atoms with Crippen LogP contribution in [0, 0.1) is 13.8 Å². The van der Waals surface area contributed by atoms with Gasteiger partial charge in [-0.25, -0.2) is 0 Å². The number of hydrogen-bond donors (Lipinski definition) is 1. The third-order valence-electron chi connectivity index (χ3n) is 3.44. The van der Waals surface area contributed by atoms with Gasteiger partial charge in [-0.3, -0.25) is 4.79 Å². The lowest BCUT2D eigenvalue weighted by Crippen LogP contribution is -2.31. The highest BCUT2D eigenvalue weighted by molar-refractivity contribution is 6.37. The lowest BCUT2D eigenvalue weighted by Gasteiger charge is -2.17. The van der Waals surface area contributed by atoms with E-state index in [1.54, 1.807) is 0 Å². The number of aryl methyl sites for hydroxylation is 1. The first kappa shape index (κ1) is 15.4. The summed E-state index contributed by atoms with van der Waals surface area (Å²) >= 11 is 12.4. The number of carbonyl (C=O) groups excluding carboxylic acids is 1. The van der Waals surface area contributed by atoms with Crippen LogP contribution in [0.1, 0.15) is 17.5 Å². The molecular formula is C14H17Cl2NO3. The Hall–Kier alpha value is -0.970. The standard InChI is InChI=1S/C14H17Cl2NO3/c1-7-4-11(13(16)8(2)12(7)15)20-9-5-10(17-6-9)14(18)19-3/h4,9-10,17H,5-6H2,1-3H3/t9?,10-/m0/s1. The Balaban J connectivity index is 2.11. The molecule has 1 unspecified atom stereocenters. The minimum atomic E-state index is -0.321. The highest BCUT2D eigenvalue weighted by atomic mass is 35.5. The van der Waals surface area contributed by atoms with Crippen molar-refractivity contribution in [1.29, 1.82) is 0 Å². The fourth-order valence-corrected chi connectivity index (χ4v) is 2.67. The Morgan fingerprint density at radius 3 is 2.70 bits per heavy atom. The van der Waals surface area contributed by atoms with Crippen LogP contribution < -0.4 is 10.1 Å². The van der Waals surface area contributed by atoms with Crippen LogP contribution in [0.3, 0.4) is 0 Å². The molecule has 1 heterocycles. The van der Waals surface area contributed by atoms with Gasteiger partial charge in [-0.2, -0.15) is 0 Å². The van der Waals surface area contributed by atoms with Crippen LogP contribution in [0.25, 0.3) is 0 Å². The second kappa shape index (κ2) is 6.20. The van der Waals surface area contributed by atoms with Crippen molar-refractivity contribution in [3.63, 3.8) is 0 Å². The van der Waals surface area contributed by atoms with Gasteiger partial charge in [0.25, 0.3) is 0 Å². The maximum absolute atomic E-state index is 11.4. The zero-order valence-electron chi connectivity index (χ0n) is 11.6. The Kier molecular flexibility index (Phi) is 4.78. The Morgan fingerprint density at radius 2 is 2.05 bits per heavy atom. The number of benzene rings is 1. The van der Waals surface area contributed by atoms with E-state index in [0.717, 1.165) is 11.1 Å². The van der Waals surface area contributed by atoms with Crippen LogP contribution in [0.4, 0.5) is 0 Å². The molecule has 0 bridgehead atoms. The number of carbonyl (C=O) groups is 1. The normalized spacial score (nSPS) is 21.9. The van der Waals surface area contributed by atoms with Crippen LogP contribution in [0.15, 0.2) is 6.07 Å². The molecule has 1 aliphatic rings. The van der Waals surface area contributed by atoms with E-state index in [2.05, 4.69) is 5.32 Å². The first-order valence-electron chi connectivity index (χ1n) is 6.37. The van der Waals surface area contributed by atoms with Crippen LogP contribution in [-0.2, 0) is 9.53 Å². The molecule has 4 nitrogen and oxygen atoms in total. The number of methoxy groups -OCH3 is 1. The lowest BCUT2D eigenvalue weighted by atomic mass is 10.1. The number of ether oxygens (including phenoxy) is 2. The predicted molar refractivity (Wildman–Crippen MR) is 78.8 cm³/mol. The molecule has 0 radical (unpaired) electrons. The maximum Gasteiger partial charge on any atom is 0.323 e. The fraction of sp³-hybridized carbons (Fsp3) is 0.500. The number of halogens is 2. The number of esters is 1. The molecule has 2 atom stereocenters. The second-order valence-electron chi connectivity index (χ2n) is 4.90. The maximum atomic E-state index is 11.4. The van der Waals surface area contributed by atoms with Gasteiger partial charge < -0.3 is 14.8 Å². The van der Waals surface area contributed by atoms with Gasteiger partial charge in [-0.1, -0.05) is 23.2 Å². The van der Waals surface area contributed by atoms with E-state index in [-0.39, 0.29) is 18.1 Å². The van der Waals surface area contributed by atoms with E-state index in [1.165, 1.54) is 7.11 Å². The summed E-state index contributed by atoms with van der Waals surface area (Å²) < 4.78 is 10.6. The molecule has 0 amide bonds. The molecule has 20 heavy (non-hydrogen) atoms. The summed E-state index contributed by atoms with van der Waals surface area (Å²) in [4.78, 5) is 11.4. The average molecular weight is 318 g/mol. The van der Waals surface area contributed by atoms with Crippen molar-refractivity contribution in [2.45, 2.75) is 32.4 Å². The average Bonchev–Trinajstić information content (AvgIpc) is 2.90. The first-order chi connectivity index (χ1) is 9.43. The molecule has 0 spiro atoms. The van der Waals surface area contributed by atoms with Gasteiger partial charge in [-0.15, -0.1) is 0 Å². The summed E-state index contributed by atoms with van der Waals surface area (Å²) in [5, 5.41) is 4.24. The van der Waals surface area contributed by atoms with Crippen molar-refractivity contribution in [3.8, 4) is 5.75 Å². The zero-order valence-corrected chi connectivity index (χ0v) is 13.1. The highest BCUT2D eigenvalue weighted by Crippen LogP contribution is 2.36. The summed E-state index contributed by atoms with van der Waals surface area (Å²) in [5.74, 6) is 0.328. The van der Waals surface area contributed by atoms with E-state index >= 15 is 0 Å². The van der Waals surface area contributed by atoms with Crippen LogP contribution in [0.2, 0.25) is 10.0 Å². The van der Waals surface area contributed by atoms with E-state index in [1.807, 2.05) is 19.9 Å². The van der Waals surface area contributed by atoms with Crippen molar-refractivity contribution < 1.29 is 14.3 Å². The van der Waals surface area contributed by atoms with Crippen LogP contribution in [0.5, 0.6) is 5.75 Å². The van der Waals surface area contributed by atoms with Gasteiger partial charge in [0, 0.05) is 18.0 Å². The highest BCUT2D eigenvalue weighted by Gasteiger charge is 2.31. The summed E-state index contributed by atoms with van der Waals surface area (Å²) in [6.45, 7) is 4.34. The van der Waals surface area contributed by atoms with Gasteiger partial charge in [-0.05, 0) is 31.0 Å². The predicted octanol–water partition coefficient (Wildman–Crippen LogP) is 2.89. The molecule has 1 aliphatic heterocycles. The molecule has 110 valence electrons. The SMILES string of the molecule is COC(=O)[C@@H]1CC(Oc2cc(C)c(Cl)c(C)c2Cl)CN1. The second-order valence-corrected chi connectivity index (χ2v) is 5.66. The monoisotopic (exact) mass is 317 g/mol. The number of hydrogen-bond acceptors (Lipinski definition) is 4. The third-order valence-corrected chi connectivity index (χ3v) is 4.49. The molecule has 1 aromatic carbocycles. The summed E-state index contributed by atoms with van der Waals surface area (Å²) in [6.07, 6.45) is 0.445. The number of rotatable bonds is 3. The first-order valence-corrected chi connectivity index (χ1v) is 7.12. The van der Waals surface area contributed by atoms with Crippen molar-refractivity contribution in [2.75, 3.05) is 13.7 Å². The van der Waals surface area contributed by atoms with Gasteiger partial charge in [0.15, 0.2) is 0 Å². The molecule has 1 fully saturated rings.